The summed E-state index contributed by atoms with van der Waals surface area (Å²) in [4.78, 5) is 35.9. The highest BCUT2D eigenvalue weighted by Gasteiger charge is 2.12. The van der Waals surface area contributed by atoms with Crippen molar-refractivity contribution in [3.05, 3.63) is 94.0 Å². The largest absolute Gasteiger partial charge is 0.423 e. The van der Waals surface area contributed by atoms with Crippen molar-refractivity contribution >= 4 is 45.6 Å². The number of aryl methyl sites for hydroxylation is 1. The van der Waals surface area contributed by atoms with Crippen molar-refractivity contribution in [3.63, 3.8) is 0 Å². The standard InChI is InChI=1S/C23H18BrN3O4/c1-15-3-2-4-17(13-15)23(30)31-20-11-5-16(6-12-20)14-25-27-22(29)21(28)26-19-9-7-18(24)8-10-19/h2-14H,1H3,(H,26,28)(H,27,29)/b25-14+. The molecule has 0 spiro atoms. The van der Waals surface area contributed by atoms with Crippen molar-refractivity contribution in [3.8, 4) is 5.75 Å². The van der Waals surface area contributed by atoms with Gasteiger partial charge in [0.05, 0.1) is 11.8 Å². The lowest BCUT2D eigenvalue weighted by molar-refractivity contribution is -0.136. The topological polar surface area (TPSA) is 96.9 Å². The quantitative estimate of drug-likeness (QED) is 0.189. The SMILES string of the molecule is Cc1cccc(C(=O)Oc2ccc(/C=N/NC(=O)C(=O)Nc3ccc(Br)cc3)cc2)c1. The van der Waals surface area contributed by atoms with Crippen molar-refractivity contribution in [2.45, 2.75) is 6.92 Å². The lowest BCUT2D eigenvalue weighted by Crippen LogP contribution is -2.32. The first kappa shape index (κ1) is 21.9. The van der Waals surface area contributed by atoms with Gasteiger partial charge in [0.1, 0.15) is 5.75 Å². The second-order valence-corrected chi connectivity index (χ2v) is 7.40. The van der Waals surface area contributed by atoms with Crippen LogP contribution in [-0.2, 0) is 9.59 Å². The Bertz CT molecular complexity index is 1130. The summed E-state index contributed by atoms with van der Waals surface area (Å²) in [5.41, 5.74) is 4.73. The molecule has 0 radical (unpaired) electrons. The summed E-state index contributed by atoms with van der Waals surface area (Å²) < 4.78 is 6.20. The van der Waals surface area contributed by atoms with Crippen LogP contribution in [0, 0.1) is 6.92 Å². The maximum Gasteiger partial charge on any atom is 0.343 e. The van der Waals surface area contributed by atoms with Gasteiger partial charge in [-0.2, -0.15) is 5.10 Å². The summed E-state index contributed by atoms with van der Waals surface area (Å²) in [6.07, 6.45) is 1.37. The second-order valence-electron chi connectivity index (χ2n) is 6.49. The fraction of sp³-hybridized carbons (Fsp3) is 0.0435. The molecule has 3 rings (SSSR count). The number of hydrazone groups is 1. The Balaban J connectivity index is 1.50. The normalized spacial score (nSPS) is 10.5. The fourth-order valence-electron chi connectivity index (χ4n) is 2.50. The van der Waals surface area contributed by atoms with E-state index in [2.05, 4.69) is 31.8 Å². The van der Waals surface area contributed by atoms with Crippen molar-refractivity contribution < 1.29 is 19.1 Å². The minimum absolute atomic E-state index is 0.376. The molecule has 0 saturated carbocycles. The van der Waals surface area contributed by atoms with Crippen molar-refractivity contribution in [1.82, 2.24) is 5.43 Å². The highest BCUT2D eigenvalue weighted by molar-refractivity contribution is 9.10. The van der Waals surface area contributed by atoms with Crippen LogP contribution in [0.2, 0.25) is 0 Å². The first-order chi connectivity index (χ1) is 14.9. The van der Waals surface area contributed by atoms with Crippen LogP contribution in [0.3, 0.4) is 0 Å². The van der Waals surface area contributed by atoms with E-state index in [1.54, 1.807) is 66.7 Å². The summed E-state index contributed by atoms with van der Waals surface area (Å²) in [6.45, 7) is 1.90. The number of benzene rings is 3. The van der Waals surface area contributed by atoms with Crippen LogP contribution >= 0.6 is 15.9 Å². The van der Waals surface area contributed by atoms with Gasteiger partial charge in [0, 0.05) is 10.2 Å². The molecule has 0 aliphatic heterocycles. The molecule has 0 fully saturated rings. The van der Waals surface area contributed by atoms with Crippen LogP contribution in [0.15, 0.2) is 82.4 Å². The van der Waals surface area contributed by atoms with Gasteiger partial charge < -0.3 is 10.1 Å². The molecule has 156 valence electrons. The molecule has 0 unspecified atom stereocenters. The monoisotopic (exact) mass is 479 g/mol. The number of carbonyl (C=O) groups excluding carboxylic acids is 3. The molecule has 0 bridgehead atoms. The number of ether oxygens (including phenoxy) is 1. The van der Waals surface area contributed by atoms with Gasteiger partial charge in [-0.3, -0.25) is 9.59 Å². The second kappa shape index (κ2) is 10.3. The smallest absolute Gasteiger partial charge is 0.343 e. The Morgan fingerprint density at radius 1 is 0.935 bits per heavy atom. The van der Waals surface area contributed by atoms with Crippen LogP contribution in [-0.4, -0.2) is 24.0 Å². The molecule has 2 amide bonds. The molecular formula is C23H18BrN3O4. The van der Waals surface area contributed by atoms with Crippen LogP contribution in [0.25, 0.3) is 0 Å². The Kier molecular flexibility index (Phi) is 7.29. The molecule has 7 nitrogen and oxygen atoms in total. The third-order valence-electron chi connectivity index (χ3n) is 4.03. The van der Waals surface area contributed by atoms with Crippen molar-refractivity contribution in [2.24, 2.45) is 5.10 Å². The maximum atomic E-state index is 12.2. The first-order valence-electron chi connectivity index (χ1n) is 9.19. The summed E-state index contributed by atoms with van der Waals surface area (Å²) >= 11 is 3.29. The van der Waals surface area contributed by atoms with Crippen molar-refractivity contribution in [1.29, 1.82) is 0 Å². The minimum atomic E-state index is -0.900. The molecule has 3 aromatic carbocycles. The molecule has 31 heavy (non-hydrogen) atoms. The van der Waals surface area contributed by atoms with E-state index in [1.807, 2.05) is 13.0 Å². The molecule has 3 aromatic rings. The number of esters is 1. The lowest BCUT2D eigenvalue weighted by Gasteiger charge is -2.05. The van der Waals surface area contributed by atoms with E-state index < -0.39 is 17.8 Å². The van der Waals surface area contributed by atoms with Crippen LogP contribution in [0.4, 0.5) is 5.69 Å². The number of carbonyl (C=O) groups is 3. The van der Waals surface area contributed by atoms with E-state index in [-0.39, 0.29) is 0 Å². The third-order valence-corrected chi connectivity index (χ3v) is 4.56. The van der Waals surface area contributed by atoms with Crippen LogP contribution in [0.1, 0.15) is 21.5 Å². The zero-order valence-electron chi connectivity index (χ0n) is 16.5. The molecule has 0 aliphatic rings. The Hall–Kier alpha value is -3.78. The molecule has 0 atom stereocenters. The van der Waals surface area contributed by atoms with E-state index >= 15 is 0 Å². The zero-order valence-corrected chi connectivity index (χ0v) is 18.0. The van der Waals surface area contributed by atoms with Crippen molar-refractivity contribution in [2.75, 3.05) is 5.32 Å². The minimum Gasteiger partial charge on any atom is -0.423 e. The number of halogens is 1. The molecule has 0 heterocycles. The van der Waals surface area contributed by atoms with Gasteiger partial charge in [0.2, 0.25) is 0 Å². The van der Waals surface area contributed by atoms with Gasteiger partial charge in [0.25, 0.3) is 0 Å². The lowest BCUT2D eigenvalue weighted by atomic mass is 10.1. The number of amides is 2. The van der Waals surface area contributed by atoms with E-state index in [0.29, 0.717) is 22.6 Å². The van der Waals surface area contributed by atoms with Crippen LogP contribution in [0.5, 0.6) is 5.75 Å². The average Bonchev–Trinajstić information content (AvgIpc) is 2.76. The number of hydrogen-bond acceptors (Lipinski definition) is 5. The van der Waals surface area contributed by atoms with Gasteiger partial charge in [-0.25, -0.2) is 10.2 Å². The summed E-state index contributed by atoms with van der Waals surface area (Å²) in [5, 5.41) is 6.23. The Morgan fingerprint density at radius 3 is 2.32 bits per heavy atom. The predicted octanol–water partition coefficient (Wildman–Crippen LogP) is 4.07. The summed E-state index contributed by atoms with van der Waals surface area (Å²) in [6, 6.07) is 20.5. The Labute approximate surface area is 187 Å². The Morgan fingerprint density at radius 2 is 1.65 bits per heavy atom. The van der Waals surface area contributed by atoms with E-state index in [1.165, 1.54) is 6.21 Å². The van der Waals surface area contributed by atoms with Gasteiger partial charge in [-0.15, -0.1) is 0 Å². The predicted molar refractivity (Wildman–Crippen MR) is 121 cm³/mol. The molecule has 0 saturated heterocycles. The molecule has 2 N–H and O–H groups in total. The summed E-state index contributed by atoms with van der Waals surface area (Å²) in [5.74, 6) is -1.81. The van der Waals surface area contributed by atoms with Crippen LogP contribution < -0.4 is 15.5 Å². The number of nitrogens with zero attached hydrogens (tertiary/aromatic N) is 1. The number of anilines is 1. The van der Waals surface area contributed by atoms with E-state index in [0.717, 1.165) is 10.0 Å². The zero-order chi connectivity index (χ0) is 22.2. The molecule has 8 heteroatoms. The molecular weight excluding hydrogens is 462 g/mol. The van der Waals surface area contributed by atoms with E-state index in [9.17, 15) is 14.4 Å². The van der Waals surface area contributed by atoms with E-state index in [4.69, 9.17) is 4.74 Å². The number of hydrogen-bond donors (Lipinski definition) is 2. The first-order valence-corrected chi connectivity index (χ1v) is 9.99. The highest BCUT2D eigenvalue weighted by Crippen LogP contribution is 2.15. The van der Waals surface area contributed by atoms with Gasteiger partial charge in [0.15, 0.2) is 0 Å². The molecule has 0 aliphatic carbocycles. The van der Waals surface area contributed by atoms with Gasteiger partial charge in [-0.05, 0) is 73.2 Å². The third kappa shape index (κ3) is 6.61. The van der Waals surface area contributed by atoms with Gasteiger partial charge in [-0.1, -0.05) is 33.6 Å². The summed E-state index contributed by atoms with van der Waals surface area (Å²) in [7, 11) is 0. The molecule has 0 aromatic heterocycles. The average molecular weight is 480 g/mol. The van der Waals surface area contributed by atoms with Gasteiger partial charge >= 0.3 is 17.8 Å². The number of rotatable bonds is 5. The highest BCUT2D eigenvalue weighted by atomic mass is 79.9. The number of nitrogens with one attached hydrogen (secondary N) is 2. The fourth-order valence-corrected chi connectivity index (χ4v) is 2.76. The maximum absolute atomic E-state index is 12.2.